The number of benzene rings is 1. The number of carbonyl (C=O) groups is 1. The predicted molar refractivity (Wildman–Crippen MR) is 76.5 cm³/mol. The summed E-state index contributed by atoms with van der Waals surface area (Å²) in [6.07, 6.45) is 4.51. The van der Waals surface area contributed by atoms with Gasteiger partial charge in [0.25, 0.3) is 0 Å². The number of hydrogen-bond acceptors (Lipinski definition) is 2. The number of nitrogens with zero attached hydrogens (tertiary/aromatic N) is 1. The number of hydrogen-bond donors (Lipinski definition) is 1. The van der Waals surface area contributed by atoms with Gasteiger partial charge in [-0.2, -0.15) is 0 Å². The molecule has 1 aromatic carbocycles. The fourth-order valence-corrected chi connectivity index (χ4v) is 2.86. The summed E-state index contributed by atoms with van der Waals surface area (Å²) in [5.41, 5.74) is -0.166. The highest BCUT2D eigenvalue weighted by atomic mass is 35.5. The molecule has 0 saturated carbocycles. The molecule has 1 aromatic rings. The maximum atomic E-state index is 11.8. The molecule has 4 heteroatoms. The normalized spacial score (nSPS) is 20.5. The van der Waals surface area contributed by atoms with Gasteiger partial charge in [-0.1, -0.05) is 36.6 Å². The zero-order chi connectivity index (χ0) is 13.9. The van der Waals surface area contributed by atoms with Gasteiger partial charge < -0.3 is 5.11 Å². The molecule has 1 aliphatic heterocycles. The molecule has 19 heavy (non-hydrogen) atoms. The van der Waals surface area contributed by atoms with Crippen LogP contribution in [-0.4, -0.2) is 29.1 Å². The van der Waals surface area contributed by atoms with Gasteiger partial charge in [0, 0.05) is 5.02 Å². The summed E-state index contributed by atoms with van der Waals surface area (Å²) in [6, 6.07) is 7.16. The van der Waals surface area contributed by atoms with E-state index >= 15 is 0 Å². The molecule has 104 valence electrons. The lowest BCUT2D eigenvalue weighted by Gasteiger charge is -2.37. The molecule has 2 rings (SSSR count). The fraction of sp³-hybridized carbons (Fsp3) is 0.533. The Morgan fingerprint density at radius 2 is 1.68 bits per heavy atom. The van der Waals surface area contributed by atoms with Crippen molar-refractivity contribution in [2.24, 2.45) is 0 Å². The van der Waals surface area contributed by atoms with Crippen LogP contribution in [0.1, 0.15) is 38.2 Å². The SMILES string of the molecule is C[C@](C(=O)O)(c1ccc(Cl)cc1)N1CCCCCC1. The maximum absolute atomic E-state index is 11.8. The van der Waals surface area contributed by atoms with Gasteiger partial charge in [-0.15, -0.1) is 0 Å². The third-order valence-corrected chi connectivity index (χ3v) is 4.31. The molecule has 0 spiro atoms. The van der Waals surface area contributed by atoms with Gasteiger partial charge in [-0.05, 0) is 50.6 Å². The van der Waals surface area contributed by atoms with Crippen molar-refractivity contribution < 1.29 is 9.90 Å². The zero-order valence-corrected chi connectivity index (χ0v) is 12.0. The van der Waals surface area contributed by atoms with Crippen LogP contribution in [0.3, 0.4) is 0 Å². The number of carboxylic acid groups (broad SMARTS) is 1. The first kappa shape index (κ1) is 14.4. The Kier molecular flexibility index (Phi) is 4.48. The molecule has 0 aliphatic carbocycles. The number of carboxylic acids is 1. The highest BCUT2D eigenvalue weighted by molar-refractivity contribution is 6.30. The molecule has 1 saturated heterocycles. The van der Waals surface area contributed by atoms with Gasteiger partial charge in [-0.25, -0.2) is 4.79 Å². The minimum atomic E-state index is -0.963. The summed E-state index contributed by atoms with van der Waals surface area (Å²) in [7, 11) is 0. The minimum absolute atomic E-state index is 0.632. The number of rotatable bonds is 3. The molecule has 0 amide bonds. The molecule has 0 aromatic heterocycles. The zero-order valence-electron chi connectivity index (χ0n) is 11.2. The molecule has 1 aliphatic rings. The molecule has 0 radical (unpaired) electrons. The lowest BCUT2D eigenvalue weighted by Crippen LogP contribution is -2.50. The van der Waals surface area contributed by atoms with Crippen LogP contribution in [0.15, 0.2) is 24.3 Å². The van der Waals surface area contributed by atoms with E-state index < -0.39 is 11.5 Å². The minimum Gasteiger partial charge on any atom is -0.480 e. The van der Waals surface area contributed by atoms with Gasteiger partial charge in [0.15, 0.2) is 0 Å². The molecule has 1 heterocycles. The van der Waals surface area contributed by atoms with E-state index in [2.05, 4.69) is 4.90 Å². The van der Waals surface area contributed by atoms with E-state index in [1.807, 2.05) is 12.1 Å². The topological polar surface area (TPSA) is 40.5 Å². The molecular weight excluding hydrogens is 262 g/mol. The Hall–Kier alpha value is -1.06. The van der Waals surface area contributed by atoms with Crippen LogP contribution in [0.4, 0.5) is 0 Å². The molecule has 3 nitrogen and oxygen atoms in total. The summed E-state index contributed by atoms with van der Waals surface area (Å²) in [6.45, 7) is 3.47. The van der Waals surface area contributed by atoms with Crippen molar-refractivity contribution in [3.63, 3.8) is 0 Å². The van der Waals surface area contributed by atoms with E-state index in [-0.39, 0.29) is 0 Å². The van der Waals surface area contributed by atoms with Gasteiger partial charge in [0.2, 0.25) is 0 Å². The number of halogens is 1. The standard InChI is InChI=1S/C15H20ClNO2/c1-15(14(18)19,12-6-8-13(16)9-7-12)17-10-4-2-3-5-11-17/h6-9H,2-5,10-11H2,1H3,(H,18,19)/t15-/m1/s1. The second-order valence-electron chi connectivity index (χ2n) is 5.29. The first-order chi connectivity index (χ1) is 9.05. The van der Waals surface area contributed by atoms with Crippen LogP contribution < -0.4 is 0 Å². The Bertz CT molecular complexity index is 438. The van der Waals surface area contributed by atoms with Gasteiger partial charge >= 0.3 is 5.97 Å². The Morgan fingerprint density at radius 1 is 1.16 bits per heavy atom. The summed E-state index contributed by atoms with van der Waals surface area (Å²) < 4.78 is 0. The number of likely N-dealkylation sites (tertiary alicyclic amines) is 1. The van der Waals surface area contributed by atoms with Crippen LogP contribution in [-0.2, 0) is 10.3 Å². The summed E-state index contributed by atoms with van der Waals surface area (Å²) in [5.74, 6) is -0.795. The van der Waals surface area contributed by atoms with E-state index in [9.17, 15) is 9.90 Å². The van der Waals surface area contributed by atoms with Crippen molar-refractivity contribution in [2.75, 3.05) is 13.1 Å². The first-order valence-electron chi connectivity index (χ1n) is 6.79. The second kappa shape index (κ2) is 5.93. The maximum Gasteiger partial charge on any atom is 0.328 e. The van der Waals surface area contributed by atoms with Crippen molar-refractivity contribution in [3.8, 4) is 0 Å². The van der Waals surface area contributed by atoms with Crippen molar-refractivity contribution in [1.29, 1.82) is 0 Å². The predicted octanol–water partition coefficient (Wildman–Crippen LogP) is 3.52. The van der Waals surface area contributed by atoms with E-state index in [1.54, 1.807) is 19.1 Å². The van der Waals surface area contributed by atoms with Crippen LogP contribution >= 0.6 is 11.6 Å². The van der Waals surface area contributed by atoms with E-state index in [4.69, 9.17) is 11.6 Å². The van der Waals surface area contributed by atoms with Crippen molar-refractivity contribution in [1.82, 2.24) is 4.90 Å². The van der Waals surface area contributed by atoms with Crippen LogP contribution in [0.2, 0.25) is 5.02 Å². The Labute approximate surface area is 119 Å². The first-order valence-corrected chi connectivity index (χ1v) is 7.17. The number of aliphatic carboxylic acids is 1. The fourth-order valence-electron chi connectivity index (χ4n) is 2.73. The lowest BCUT2D eigenvalue weighted by atomic mass is 9.89. The lowest BCUT2D eigenvalue weighted by molar-refractivity contribution is -0.151. The molecule has 1 atom stereocenters. The molecule has 0 unspecified atom stereocenters. The summed E-state index contributed by atoms with van der Waals surface area (Å²) >= 11 is 5.89. The van der Waals surface area contributed by atoms with Crippen LogP contribution in [0.25, 0.3) is 0 Å². The Balaban J connectivity index is 2.35. The third kappa shape index (κ3) is 2.93. The largest absolute Gasteiger partial charge is 0.480 e. The third-order valence-electron chi connectivity index (χ3n) is 4.06. The van der Waals surface area contributed by atoms with E-state index in [0.717, 1.165) is 31.5 Å². The molecule has 1 fully saturated rings. The average Bonchev–Trinajstić information content (AvgIpc) is 2.67. The highest BCUT2D eigenvalue weighted by Gasteiger charge is 2.41. The van der Waals surface area contributed by atoms with Crippen molar-refractivity contribution >= 4 is 17.6 Å². The summed E-state index contributed by atoms with van der Waals surface area (Å²) in [4.78, 5) is 13.9. The molecule has 1 N–H and O–H groups in total. The summed E-state index contributed by atoms with van der Waals surface area (Å²) in [5, 5.41) is 10.4. The van der Waals surface area contributed by atoms with Crippen molar-refractivity contribution in [2.45, 2.75) is 38.1 Å². The molecular formula is C15H20ClNO2. The molecule has 0 bridgehead atoms. The van der Waals surface area contributed by atoms with Gasteiger partial charge in [0.05, 0.1) is 0 Å². The van der Waals surface area contributed by atoms with Crippen LogP contribution in [0, 0.1) is 0 Å². The van der Waals surface area contributed by atoms with Crippen molar-refractivity contribution in [3.05, 3.63) is 34.9 Å². The Morgan fingerprint density at radius 3 is 2.16 bits per heavy atom. The van der Waals surface area contributed by atoms with E-state index in [0.29, 0.717) is 5.02 Å². The van der Waals surface area contributed by atoms with Gasteiger partial charge in [-0.3, -0.25) is 4.90 Å². The second-order valence-corrected chi connectivity index (χ2v) is 5.72. The monoisotopic (exact) mass is 281 g/mol. The quantitative estimate of drug-likeness (QED) is 0.922. The van der Waals surface area contributed by atoms with E-state index in [1.165, 1.54) is 12.8 Å². The smallest absolute Gasteiger partial charge is 0.328 e. The van der Waals surface area contributed by atoms with Gasteiger partial charge in [0.1, 0.15) is 5.54 Å². The average molecular weight is 282 g/mol. The van der Waals surface area contributed by atoms with Crippen LogP contribution in [0.5, 0.6) is 0 Å². The highest BCUT2D eigenvalue weighted by Crippen LogP contribution is 2.31.